The molecule has 0 atom stereocenters. The molecule has 2 N–H and O–H groups in total. The molecule has 0 aromatic heterocycles. The number of rotatable bonds is 5. The van der Waals surface area contributed by atoms with Crippen molar-refractivity contribution in [1.82, 2.24) is 4.90 Å². The van der Waals surface area contributed by atoms with E-state index in [1.54, 1.807) is 0 Å². The molecular weight excluding hydrogens is 236 g/mol. The summed E-state index contributed by atoms with van der Waals surface area (Å²) in [7, 11) is 0. The third-order valence-corrected chi connectivity index (χ3v) is 3.12. The van der Waals surface area contributed by atoms with Gasteiger partial charge in [0, 0.05) is 26.1 Å². The van der Waals surface area contributed by atoms with Gasteiger partial charge in [0.1, 0.15) is 0 Å². The first kappa shape index (κ1) is 15.7. The zero-order valence-electron chi connectivity index (χ0n) is 12.6. The molecule has 3 nitrogen and oxygen atoms in total. The fourth-order valence-electron chi connectivity index (χ4n) is 2.06. The molecule has 1 aromatic rings. The highest BCUT2D eigenvalue weighted by Crippen LogP contribution is 2.21. The van der Waals surface area contributed by atoms with Crippen molar-refractivity contribution in [1.29, 1.82) is 0 Å². The van der Waals surface area contributed by atoms with Gasteiger partial charge in [-0.3, -0.25) is 4.79 Å². The predicted molar refractivity (Wildman–Crippen MR) is 79.5 cm³/mol. The summed E-state index contributed by atoms with van der Waals surface area (Å²) in [6.45, 7) is 10.2. The summed E-state index contributed by atoms with van der Waals surface area (Å²) < 4.78 is 0. The number of hydrogen-bond donors (Lipinski definition) is 1. The molecule has 106 valence electrons. The highest BCUT2D eigenvalue weighted by atomic mass is 16.2. The molecule has 0 heterocycles. The number of nitrogens with zero attached hydrogens (tertiary/aromatic N) is 1. The van der Waals surface area contributed by atoms with Crippen LogP contribution >= 0.6 is 0 Å². The Morgan fingerprint density at radius 1 is 1.21 bits per heavy atom. The van der Waals surface area contributed by atoms with Gasteiger partial charge in [0.2, 0.25) is 5.91 Å². The Labute approximate surface area is 116 Å². The molecule has 0 fully saturated rings. The van der Waals surface area contributed by atoms with Crippen LogP contribution in [-0.4, -0.2) is 17.4 Å². The fraction of sp³-hybridized carbons (Fsp3) is 0.562. The van der Waals surface area contributed by atoms with Crippen LogP contribution in [-0.2, 0) is 17.9 Å². The van der Waals surface area contributed by atoms with Gasteiger partial charge in [-0.1, -0.05) is 45.0 Å². The first-order valence-corrected chi connectivity index (χ1v) is 6.92. The topological polar surface area (TPSA) is 46.3 Å². The summed E-state index contributed by atoms with van der Waals surface area (Å²) in [4.78, 5) is 14.2. The number of nitrogens with two attached hydrogens (primary N) is 1. The molecular formula is C16H26N2O. The first-order chi connectivity index (χ1) is 8.87. The lowest BCUT2D eigenvalue weighted by Gasteiger charge is -2.26. The summed E-state index contributed by atoms with van der Waals surface area (Å²) in [6.07, 6.45) is 0.575. The third kappa shape index (κ3) is 5.03. The zero-order valence-corrected chi connectivity index (χ0v) is 12.6. The molecule has 0 unspecified atom stereocenters. The van der Waals surface area contributed by atoms with Crippen LogP contribution in [0.2, 0.25) is 0 Å². The standard InChI is InChI=1S/C16H26N2O/c1-5-18(15(19)10-16(2,3)4)12-14-9-7-6-8-13(14)11-17/h6-9H,5,10-12,17H2,1-4H3. The van der Waals surface area contributed by atoms with Gasteiger partial charge < -0.3 is 10.6 Å². The minimum absolute atomic E-state index is 0.0257. The largest absolute Gasteiger partial charge is 0.339 e. The Balaban J connectivity index is 2.79. The molecule has 19 heavy (non-hydrogen) atoms. The lowest BCUT2D eigenvalue weighted by molar-refractivity contribution is -0.133. The van der Waals surface area contributed by atoms with Crippen molar-refractivity contribution in [2.24, 2.45) is 11.1 Å². The van der Waals surface area contributed by atoms with E-state index in [4.69, 9.17) is 5.73 Å². The normalized spacial score (nSPS) is 11.4. The van der Waals surface area contributed by atoms with Crippen LogP contribution in [0.1, 0.15) is 45.2 Å². The number of amides is 1. The van der Waals surface area contributed by atoms with E-state index in [1.165, 1.54) is 0 Å². The van der Waals surface area contributed by atoms with Crippen molar-refractivity contribution in [2.75, 3.05) is 6.54 Å². The molecule has 1 amide bonds. The second kappa shape index (κ2) is 6.71. The van der Waals surface area contributed by atoms with Crippen molar-refractivity contribution in [3.05, 3.63) is 35.4 Å². The number of carbonyl (C=O) groups excluding carboxylic acids is 1. The molecule has 0 saturated carbocycles. The van der Waals surface area contributed by atoms with E-state index in [-0.39, 0.29) is 11.3 Å². The Morgan fingerprint density at radius 3 is 2.26 bits per heavy atom. The van der Waals surface area contributed by atoms with E-state index in [9.17, 15) is 4.79 Å². The van der Waals surface area contributed by atoms with Gasteiger partial charge >= 0.3 is 0 Å². The van der Waals surface area contributed by atoms with E-state index in [1.807, 2.05) is 30.0 Å². The highest BCUT2D eigenvalue weighted by molar-refractivity contribution is 5.76. The maximum atomic E-state index is 12.3. The van der Waals surface area contributed by atoms with E-state index < -0.39 is 0 Å². The lowest BCUT2D eigenvalue weighted by atomic mass is 9.91. The van der Waals surface area contributed by atoms with Crippen molar-refractivity contribution in [3.8, 4) is 0 Å². The summed E-state index contributed by atoms with van der Waals surface area (Å²) >= 11 is 0. The van der Waals surface area contributed by atoms with E-state index in [0.717, 1.165) is 17.7 Å². The second-order valence-electron chi connectivity index (χ2n) is 6.12. The molecule has 0 bridgehead atoms. The quantitative estimate of drug-likeness (QED) is 0.887. The second-order valence-corrected chi connectivity index (χ2v) is 6.12. The Morgan fingerprint density at radius 2 is 1.79 bits per heavy atom. The summed E-state index contributed by atoms with van der Waals surface area (Å²) in [5, 5.41) is 0. The maximum absolute atomic E-state index is 12.3. The Bertz CT molecular complexity index is 421. The SMILES string of the molecule is CCN(Cc1ccccc1CN)C(=O)CC(C)(C)C. The van der Waals surface area contributed by atoms with Crippen molar-refractivity contribution < 1.29 is 4.79 Å². The number of benzene rings is 1. The minimum Gasteiger partial charge on any atom is -0.339 e. The number of hydrogen-bond acceptors (Lipinski definition) is 2. The van der Waals surface area contributed by atoms with Gasteiger partial charge in [-0.15, -0.1) is 0 Å². The van der Waals surface area contributed by atoms with Gasteiger partial charge in [0.25, 0.3) is 0 Å². The fourth-order valence-corrected chi connectivity index (χ4v) is 2.06. The van der Waals surface area contributed by atoms with Crippen LogP contribution in [0.25, 0.3) is 0 Å². The molecule has 0 aliphatic rings. The van der Waals surface area contributed by atoms with Crippen LogP contribution < -0.4 is 5.73 Å². The van der Waals surface area contributed by atoms with Crippen LogP contribution in [0, 0.1) is 5.41 Å². The number of carbonyl (C=O) groups is 1. The molecule has 3 heteroatoms. The van der Waals surface area contributed by atoms with E-state index in [0.29, 0.717) is 19.5 Å². The monoisotopic (exact) mass is 262 g/mol. The highest BCUT2D eigenvalue weighted by Gasteiger charge is 2.20. The van der Waals surface area contributed by atoms with Crippen LogP contribution in [0.4, 0.5) is 0 Å². The van der Waals surface area contributed by atoms with Gasteiger partial charge in [-0.2, -0.15) is 0 Å². The maximum Gasteiger partial charge on any atom is 0.223 e. The Kier molecular flexibility index (Phi) is 5.55. The van der Waals surface area contributed by atoms with Crippen LogP contribution in [0.5, 0.6) is 0 Å². The smallest absolute Gasteiger partial charge is 0.223 e. The summed E-state index contributed by atoms with van der Waals surface area (Å²) in [6, 6.07) is 8.06. The molecule has 1 aromatic carbocycles. The van der Waals surface area contributed by atoms with Gasteiger partial charge in [-0.05, 0) is 23.5 Å². The third-order valence-electron chi connectivity index (χ3n) is 3.12. The van der Waals surface area contributed by atoms with Crippen molar-refractivity contribution >= 4 is 5.91 Å². The zero-order chi connectivity index (χ0) is 14.5. The summed E-state index contributed by atoms with van der Waals surface area (Å²) in [5.74, 6) is 0.210. The van der Waals surface area contributed by atoms with Crippen LogP contribution in [0.3, 0.4) is 0 Å². The van der Waals surface area contributed by atoms with Gasteiger partial charge in [-0.25, -0.2) is 0 Å². The van der Waals surface area contributed by atoms with Crippen molar-refractivity contribution in [2.45, 2.75) is 47.2 Å². The molecule has 0 spiro atoms. The Hall–Kier alpha value is -1.35. The van der Waals surface area contributed by atoms with Gasteiger partial charge in [0.05, 0.1) is 0 Å². The average Bonchev–Trinajstić information content (AvgIpc) is 2.34. The lowest BCUT2D eigenvalue weighted by Crippen LogP contribution is -2.33. The first-order valence-electron chi connectivity index (χ1n) is 6.92. The van der Waals surface area contributed by atoms with E-state index in [2.05, 4.69) is 26.8 Å². The van der Waals surface area contributed by atoms with Crippen LogP contribution in [0.15, 0.2) is 24.3 Å². The molecule has 0 aliphatic carbocycles. The van der Waals surface area contributed by atoms with Crippen molar-refractivity contribution in [3.63, 3.8) is 0 Å². The average molecular weight is 262 g/mol. The van der Waals surface area contributed by atoms with E-state index >= 15 is 0 Å². The molecule has 1 rings (SSSR count). The minimum atomic E-state index is 0.0257. The molecule has 0 saturated heterocycles. The molecule has 0 aliphatic heterocycles. The molecule has 0 radical (unpaired) electrons. The summed E-state index contributed by atoms with van der Waals surface area (Å²) in [5.41, 5.74) is 8.03. The van der Waals surface area contributed by atoms with Gasteiger partial charge in [0.15, 0.2) is 0 Å². The predicted octanol–water partition coefficient (Wildman–Crippen LogP) is 2.93.